The van der Waals surface area contributed by atoms with Crippen LogP contribution < -0.4 is 15.4 Å². The Hall–Kier alpha value is -3.25. The van der Waals surface area contributed by atoms with Crippen LogP contribution in [-0.4, -0.2) is 24.2 Å². The van der Waals surface area contributed by atoms with Crippen molar-refractivity contribution >= 4 is 35.0 Å². The van der Waals surface area contributed by atoms with Crippen molar-refractivity contribution < 1.29 is 14.3 Å². The largest absolute Gasteiger partial charge is 0.495 e. The molecule has 3 rings (SSSR count). The number of carbonyl (C=O) groups excluding carboxylic acids is 2. The Kier molecular flexibility index (Phi) is 7.14. The van der Waals surface area contributed by atoms with Gasteiger partial charge in [-0.2, -0.15) is 0 Å². The lowest BCUT2D eigenvalue weighted by atomic mass is 10.1. The summed E-state index contributed by atoms with van der Waals surface area (Å²) in [4.78, 5) is 25.9. The molecule has 0 aliphatic heterocycles. The van der Waals surface area contributed by atoms with Gasteiger partial charge >= 0.3 is 0 Å². The van der Waals surface area contributed by atoms with Crippen LogP contribution in [0.5, 0.6) is 5.75 Å². The molecule has 0 aliphatic rings. The van der Waals surface area contributed by atoms with Crippen molar-refractivity contribution in [2.24, 2.45) is 0 Å². The highest BCUT2D eigenvalue weighted by Gasteiger charge is 2.16. The summed E-state index contributed by atoms with van der Waals surface area (Å²) in [5.41, 5.74) is 3.02. The van der Waals surface area contributed by atoms with Crippen LogP contribution in [0.15, 0.2) is 77.7 Å². The third-order valence-corrected chi connectivity index (χ3v) is 5.55. The number of hydrogen-bond acceptors (Lipinski definition) is 4. The maximum atomic E-state index is 12.6. The maximum Gasteiger partial charge on any atom is 0.255 e. The molecule has 0 radical (unpaired) electrons. The Balaban J connectivity index is 1.63. The van der Waals surface area contributed by atoms with Crippen molar-refractivity contribution in [1.29, 1.82) is 0 Å². The molecular formula is C24H24N2O3S. The molecule has 3 aromatic rings. The van der Waals surface area contributed by atoms with Gasteiger partial charge in [0.25, 0.3) is 5.91 Å². The van der Waals surface area contributed by atoms with Gasteiger partial charge in [-0.1, -0.05) is 35.9 Å². The Bertz CT molecular complexity index is 1030. The van der Waals surface area contributed by atoms with Gasteiger partial charge in [-0.05, 0) is 56.3 Å². The second kappa shape index (κ2) is 9.98. The Morgan fingerprint density at radius 3 is 2.40 bits per heavy atom. The predicted octanol–water partition coefficient (Wildman–Crippen LogP) is 5.38. The van der Waals surface area contributed by atoms with Crippen LogP contribution in [0.1, 0.15) is 22.8 Å². The normalized spacial score (nSPS) is 11.4. The van der Waals surface area contributed by atoms with E-state index in [1.54, 1.807) is 31.4 Å². The third kappa shape index (κ3) is 5.64. The molecule has 0 spiro atoms. The highest BCUT2D eigenvalue weighted by molar-refractivity contribution is 8.00. The minimum atomic E-state index is -0.335. The summed E-state index contributed by atoms with van der Waals surface area (Å²) in [5, 5.41) is 5.47. The van der Waals surface area contributed by atoms with E-state index in [9.17, 15) is 9.59 Å². The van der Waals surface area contributed by atoms with Crippen molar-refractivity contribution in [3.63, 3.8) is 0 Å². The summed E-state index contributed by atoms with van der Waals surface area (Å²) < 4.78 is 5.28. The first-order valence-corrected chi connectivity index (χ1v) is 10.4. The van der Waals surface area contributed by atoms with Crippen molar-refractivity contribution in [1.82, 2.24) is 0 Å². The summed E-state index contributed by atoms with van der Waals surface area (Å²) in [6.45, 7) is 3.82. The van der Waals surface area contributed by atoms with E-state index >= 15 is 0 Å². The lowest BCUT2D eigenvalue weighted by molar-refractivity contribution is -0.115. The molecule has 0 aromatic heterocycles. The zero-order valence-electron chi connectivity index (χ0n) is 17.1. The van der Waals surface area contributed by atoms with Gasteiger partial charge in [-0.25, -0.2) is 0 Å². The molecule has 1 unspecified atom stereocenters. The lowest BCUT2D eigenvalue weighted by Crippen LogP contribution is -2.22. The Morgan fingerprint density at radius 1 is 0.933 bits per heavy atom. The molecule has 2 N–H and O–H groups in total. The second-order valence-corrected chi connectivity index (χ2v) is 8.21. The van der Waals surface area contributed by atoms with Gasteiger partial charge in [0.15, 0.2) is 0 Å². The number of para-hydroxylation sites is 2. The molecule has 30 heavy (non-hydrogen) atoms. The van der Waals surface area contributed by atoms with Crippen LogP contribution in [0.2, 0.25) is 0 Å². The van der Waals surface area contributed by atoms with Gasteiger partial charge in [0.2, 0.25) is 5.91 Å². The standard InChI is InChI=1S/C24H24N2O3S/c1-16-11-13-18(14-12-16)24(28)25-19-7-6-8-20(15-19)30-17(2)23(27)26-21-9-4-5-10-22(21)29-3/h4-15,17H,1-3H3,(H,25,28)(H,26,27). The smallest absolute Gasteiger partial charge is 0.255 e. The number of anilines is 2. The van der Waals surface area contributed by atoms with E-state index in [4.69, 9.17) is 4.74 Å². The zero-order chi connectivity index (χ0) is 21.5. The summed E-state index contributed by atoms with van der Waals surface area (Å²) >= 11 is 1.42. The molecule has 6 heteroatoms. The SMILES string of the molecule is COc1ccccc1NC(=O)C(C)Sc1cccc(NC(=O)c2ccc(C)cc2)c1. The molecule has 0 bridgehead atoms. The van der Waals surface area contributed by atoms with E-state index in [1.807, 2.05) is 62.4 Å². The molecule has 0 fully saturated rings. The summed E-state index contributed by atoms with van der Waals surface area (Å²) in [6.07, 6.45) is 0. The number of benzene rings is 3. The topological polar surface area (TPSA) is 67.4 Å². The molecule has 0 aliphatic carbocycles. The molecule has 1 atom stereocenters. The van der Waals surface area contributed by atoms with Gasteiger partial charge in [-0.3, -0.25) is 9.59 Å². The first-order valence-electron chi connectivity index (χ1n) is 9.55. The van der Waals surface area contributed by atoms with Crippen molar-refractivity contribution in [2.75, 3.05) is 17.7 Å². The Morgan fingerprint density at radius 2 is 1.67 bits per heavy atom. The average Bonchev–Trinajstić information content (AvgIpc) is 2.74. The van der Waals surface area contributed by atoms with E-state index in [-0.39, 0.29) is 17.1 Å². The fourth-order valence-electron chi connectivity index (χ4n) is 2.80. The zero-order valence-corrected chi connectivity index (χ0v) is 18.0. The number of aryl methyl sites for hydroxylation is 1. The number of ether oxygens (including phenoxy) is 1. The van der Waals surface area contributed by atoms with Gasteiger partial charge in [0, 0.05) is 16.1 Å². The molecule has 2 amide bonds. The number of methoxy groups -OCH3 is 1. The summed E-state index contributed by atoms with van der Waals surface area (Å²) in [7, 11) is 1.57. The number of thioether (sulfide) groups is 1. The first kappa shape index (κ1) is 21.5. The van der Waals surface area contributed by atoms with Crippen LogP contribution >= 0.6 is 11.8 Å². The van der Waals surface area contributed by atoms with Gasteiger partial charge in [-0.15, -0.1) is 11.8 Å². The molecular weight excluding hydrogens is 396 g/mol. The number of hydrogen-bond donors (Lipinski definition) is 2. The highest BCUT2D eigenvalue weighted by Crippen LogP contribution is 2.28. The fourth-order valence-corrected chi connectivity index (χ4v) is 3.72. The van der Waals surface area contributed by atoms with Gasteiger partial charge < -0.3 is 15.4 Å². The minimum Gasteiger partial charge on any atom is -0.495 e. The first-order chi connectivity index (χ1) is 14.5. The minimum absolute atomic E-state index is 0.126. The quantitative estimate of drug-likeness (QED) is 0.504. The van der Waals surface area contributed by atoms with Gasteiger partial charge in [0.1, 0.15) is 5.75 Å². The number of amides is 2. The number of carbonyl (C=O) groups is 2. The van der Waals surface area contributed by atoms with E-state index in [0.29, 0.717) is 22.7 Å². The third-order valence-electron chi connectivity index (χ3n) is 4.45. The van der Waals surface area contributed by atoms with E-state index < -0.39 is 0 Å². The van der Waals surface area contributed by atoms with Crippen LogP contribution in [-0.2, 0) is 4.79 Å². The monoisotopic (exact) mass is 420 g/mol. The number of rotatable bonds is 7. The van der Waals surface area contributed by atoms with Crippen LogP contribution in [0.3, 0.4) is 0 Å². The second-order valence-electron chi connectivity index (χ2n) is 6.80. The molecule has 3 aromatic carbocycles. The molecule has 5 nitrogen and oxygen atoms in total. The summed E-state index contributed by atoms with van der Waals surface area (Å²) in [6, 6.07) is 22.2. The van der Waals surface area contributed by atoms with Crippen molar-refractivity contribution in [2.45, 2.75) is 24.0 Å². The fraction of sp³-hybridized carbons (Fsp3) is 0.167. The number of nitrogens with one attached hydrogen (secondary N) is 2. The molecule has 154 valence electrons. The van der Waals surface area contributed by atoms with E-state index in [0.717, 1.165) is 10.5 Å². The van der Waals surface area contributed by atoms with E-state index in [1.165, 1.54) is 11.8 Å². The molecule has 0 saturated heterocycles. The van der Waals surface area contributed by atoms with E-state index in [2.05, 4.69) is 10.6 Å². The van der Waals surface area contributed by atoms with Crippen LogP contribution in [0, 0.1) is 6.92 Å². The predicted molar refractivity (Wildman–Crippen MR) is 123 cm³/mol. The summed E-state index contributed by atoms with van der Waals surface area (Å²) in [5.74, 6) is 0.321. The molecule has 0 heterocycles. The Labute approximate surface area is 180 Å². The maximum absolute atomic E-state index is 12.6. The highest BCUT2D eigenvalue weighted by atomic mass is 32.2. The average molecular weight is 421 g/mol. The lowest BCUT2D eigenvalue weighted by Gasteiger charge is -2.14. The van der Waals surface area contributed by atoms with Gasteiger partial charge in [0.05, 0.1) is 18.0 Å². The van der Waals surface area contributed by atoms with Crippen molar-refractivity contribution in [3.8, 4) is 5.75 Å². The van der Waals surface area contributed by atoms with Crippen LogP contribution in [0.4, 0.5) is 11.4 Å². The van der Waals surface area contributed by atoms with Crippen molar-refractivity contribution in [3.05, 3.63) is 83.9 Å². The van der Waals surface area contributed by atoms with Crippen LogP contribution in [0.25, 0.3) is 0 Å². The molecule has 0 saturated carbocycles.